The fourth-order valence-electron chi connectivity index (χ4n) is 3.24. The molecule has 3 rings (SSSR count). The molecule has 0 spiro atoms. The molecule has 6 nitrogen and oxygen atoms in total. The van der Waals surface area contributed by atoms with Crippen molar-refractivity contribution in [2.45, 2.75) is 32.8 Å². The van der Waals surface area contributed by atoms with Crippen LogP contribution >= 0.6 is 0 Å². The number of ether oxygens (including phenoxy) is 2. The first-order valence-corrected chi connectivity index (χ1v) is 9.50. The van der Waals surface area contributed by atoms with E-state index in [4.69, 9.17) is 9.47 Å². The van der Waals surface area contributed by atoms with Crippen LogP contribution in [0.4, 0.5) is 5.69 Å². The summed E-state index contributed by atoms with van der Waals surface area (Å²) in [4.78, 5) is 27.1. The third kappa shape index (κ3) is 4.44. The highest BCUT2D eigenvalue weighted by Crippen LogP contribution is 2.23. The van der Waals surface area contributed by atoms with E-state index in [1.54, 1.807) is 50.4 Å². The van der Waals surface area contributed by atoms with Crippen molar-refractivity contribution < 1.29 is 19.1 Å². The van der Waals surface area contributed by atoms with E-state index in [0.29, 0.717) is 17.0 Å². The van der Waals surface area contributed by atoms with Crippen LogP contribution < -0.4 is 14.8 Å². The number of nitrogens with zero attached hydrogens (tertiary/aromatic N) is 1. The van der Waals surface area contributed by atoms with Crippen molar-refractivity contribution in [3.05, 3.63) is 53.6 Å². The van der Waals surface area contributed by atoms with Gasteiger partial charge in [0.15, 0.2) is 6.10 Å². The number of amides is 2. The zero-order chi connectivity index (χ0) is 20.1. The molecule has 2 aromatic carbocycles. The quantitative estimate of drug-likeness (QED) is 0.828. The molecule has 148 valence electrons. The van der Waals surface area contributed by atoms with Crippen molar-refractivity contribution in [1.82, 2.24) is 4.90 Å². The number of hydrogen-bond donors (Lipinski definition) is 1. The summed E-state index contributed by atoms with van der Waals surface area (Å²) in [5, 5.41) is 2.88. The Hall–Kier alpha value is -3.02. The Balaban J connectivity index is 1.67. The largest absolute Gasteiger partial charge is 0.497 e. The second kappa shape index (κ2) is 8.78. The van der Waals surface area contributed by atoms with Crippen LogP contribution in [0, 0.1) is 6.92 Å². The van der Waals surface area contributed by atoms with E-state index in [0.717, 1.165) is 37.2 Å². The molecule has 1 saturated heterocycles. The number of methoxy groups -OCH3 is 1. The van der Waals surface area contributed by atoms with E-state index in [1.807, 2.05) is 17.9 Å². The van der Waals surface area contributed by atoms with Gasteiger partial charge >= 0.3 is 0 Å². The molecule has 2 aromatic rings. The number of carbonyl (C=O) groups is 2. The molecule has 0 radical (unpaired) electrons. The number of benzene rings is 2. The van der Waals surface area contributed by atoms with E-state index >= 15 is 0 Å². The molecule has 1 N–H and O–H groups in total. The Morgan fingerprint density at radius 3 is 2.32 bits per heavy atom. The van der Waals surface area contributed by atoms with Crippen LogP contribution in [-0.2, 0) is 4.79 Å². The van der Waals surface area contributed by atoms with Crippen molar-refractivity contribution >= 4 is 17.5 Å². The average molecular weight is 382 g/mol. The summed E-state index contributed by atoms with van der Waals surface area (Å²) in [6.07, 6.45) is 1.40. The summed E-state index contributed by atoms with van der Waals surface area (Å²) >= 11 is 0. The highest BCUT2D eigenvalue weighted by molar-refractivity contribution is 6.00. The first-order valence-electron chi connectivity index (χ1n) is 9.50. The maximum atomic E-state index is 12.7. The third-order valence-corrected chi connectivity index (χ3v) is 4.96. The third-order valence-electron chi connectivity index (χ3n) is 4.96. The Bertz CT molecular complexity index is 842. The van der Waals surface area contributed by atoms with Gasteiger partial charge in [-0.15, -0.1) is 0 Å². The lowest BCUT2D eigenvalue weighted by atomic mass is 10.1. The maximum Gasteiger partial charge on any atom is 0.265 e. The molecular weight excluding hydrogens is 356 g/mol. The zero-order valence-electron chi connectivity index (χ0n) is 16.5. The number of carbonyl (C=O) groups excluding carboxylic acids is 2. The molecule has 0 saturated carbocycles. The number of rotatable bonds is 6. The van der Waals surface area contributed by atoms with Crippen molar-refractivity contribution in [3.63, 3.8) is 0 Å². The molecule has 0 aromatic heterocycles. The fraction of sp³-hybridized carbons (Fsp3) is 0.364. The van der Waals surface area contributed by atoms with E-state index in [1.165, 1.54) is 0 Å². The SMILES string of the molecule is COc1ccc(OC(C)C(=O)Nc2cccc(C(=O)N3CCCC3)c2C)cc1. The summed E-state index contributed by atoms with van der Waals surface area (Å²) in [6, 6.07) is 12.5. The van der Waals surface area contributed by atoms with Crippen molar-refractivity contribution in [3.8, 4) is 11.5 Å². The van der Waals surface area contributed by atoms with Crippen LogP contribution in [0.25, 0.3) is 0 Å². The van der Waals surface area contributed by atoms with E-state index in [2.05, 4.69) is 5.32 Å². The van der Waals surface area contributed by atoms with Crippen molar-refractivity contribution in [1.29, 1.82) is 0 Å². The molecule has 1 aliphatic rings. The van der Waals surface area contributed by atoms with Gasteiger partial charge in [-0.3, -0.25) is 9.59 Å². The topological polar surface area (TPSA) is 67.9 Å². The van der Waals surface area contributed by atoms with Gasteiger partial charge in [0.2, 0.25) is 0 Å². The summed E-state index contributed by atoms with van der Waals surface area (Å²) < 4.78 is 10.8. The molecule has 2 amide bonds. The van der Waals surface area contributed by atoms with Crippen LogP contribution in [0.15, 0.2) is 42.5 Å². The predicted octanol–water partition coefficient (Wildman–Crippen LogP) is 3.65. The van der Waals surface area contributed by atoms with Gasteiger partial charge < -0.3 is 19.7 Å². The van der Waals surface area contributed by atoms with E-state index < -0.39 is 6.10 Å². The van der Waals surface area contributed by atoms with Crippen LogP contribution in [0.1, 0.15) is 35.7 Å². The zero-order valence-corrected chi connectivity index (χ0v) is 16.5. The number of anilines is 1. The van der Waals surface area contributed by atoms with Gasteiger partial charge in [0.05, 0.1) is 7.11 Å². The van der Waals surface area contributed by atoms with E-state index in [9.17, 15) is 9.59 Å². The Morgan fingerprint density at radius 2 is 1.68 bits per heavy atom. The van der Waals surface area contributed by atoms with Crippen molar-refractivity contribution in [2.24, 2.45) is 0 Å². The minimum absolute atomic E-state index is 0.0219. The lowest BCUT2D eigenvalue weighted by Crippen LogP contribution is -2.31. The second-order valence-electron chi connectivity index (χ2n) is 6.90. The predicted molar refractivity (Wildman–Crippen MR) is 108 cm³/mol. The van der Waals surface area contributed by atoms with Gasteiger partial charge in [-0.05, 0) is 68.7 Å². The fourth-order valence-corrected chi connectivity index (χ4v) is 3.24. The highest BCUT2D eigenvalue weighted by atomic mass is 16.5. The van der Waals surface area contributed by atoms with Gasteiger partial charge in [0, 0.05) is 24.3 Å². The first kappa shape index (κ1) is 19.7. The molecule has 1 atom stereocenters. The monoisotopic (exact) mass is 382 g/mol. The molecule has 1 unspecified atom stereocenters. The first-order chi connectivity index (χ1) is 13.5. The van der Waals surface area contributed by atoms with Crippen LogP contribution in [0.5, 0.6) is 11.5 Å². The van der Waals surface area contributed by atoms with Gasteiger partial charge in [0.25, 0.3) is 11.8 Å². The lowest BCUT2D eigenvalue weighted by Gasteiger charge is -2.19. The molecule has 28 heavy (non-hydrogen) atoms. The molecular formula is C22H26N2O4. The van der Waals surface area contributed by atoms with Crippen LogP contribution in [0.2, 0.25) is 0 Å². The van der Waals surface area contributed by atoms with Crippen LogP contribution in [-0.4, -0.2) is 43.0 Å². The minimum Gasteiger partial charge on any atom is -0.497 e. The smallest absolute Gasteiger partial charge is 0.265 e. The average Bonchev–Trinajstić information content (AvgIpc) is 3.24. The molecule has 0 bridgehead atoms. The maximum absolute atomic E-state index is 12.7. The lowest BCUT2D eigenvalue weighted by molar-refractivity contribution is -0.122. The summed E-state index contributed by atoms with van der Waals surface area (Å²) in [5.41, 5.74) is 2.02. The molecule has 6 heteroatoms. The Labute approximate surface area is 165 Å². The summed E-state index contributed by atoms with van der Waals surface area (Å²) in [6.45, 7) is 5.13. The molecule has 0 aliphatic carbocycles. The number of hydrogen-bond acceptors (Lipinski definition) is 4. The molecule has 1 fully saturated rings. The normalized spacial score (nSPS) is 14.5. The van der Waals surface area contributed by atoms with Gasteiger partial charge in [-0.2, -0.15) is 0 Å². The van der Waals surface area contributed by atoms with Gasteiger partial charge in [-0.1, -0.05) is 6.07 Å². The standard InChI is InChI=1S/C22H26N2O4/c1-15-19(22(26)24-13-4-5-14-24)7-6-8-20(15)23-21(25)16(2)28-18-11-9-17(27-3)10-12-18/h6-12,16H,4-5,13-14H2,1-3H3,(H,23,25). The van der Waals surface area contributed by atoms with Crippen LogP contribution in [0.3, 0.4) is 0 Å². The second-order valence-corrected chi connectivity index (χ2v) is 6.90. The minimum atomic E-state index is -0.689. The van der Waals surface area contributed by atoms with Crippen molar-refractivity contribution in [2.75, 3.05) is 25.5 Å². The Kier molecular flexibility index (Phi) is 6.19. The number of likely N-dealkylation sites (tertiary alicyclic amines) is 1. The summed E-state index contributed by atoms with van der Waals surface area (Å²) in [5.74, 6) is 1.05. The Morgan fingerprint density at radius 1 is 1.04 bits per heavy atom. The highest BCUT2D eigenvalue weighted by Gasteiger charge is 2.23. The van der Waals surface area contributed by atoms with Gasteiger partial charge in [-0.25, -0.2) is 0 Å². The molecule has 1 heterocycles. The summed E-state index contributed by atoms with van der Waals surface area (Å²) in [7, 11) is 1.59. The number of nitrogens with one attached hydrogen (secondary N) is 1. The molecule has 1 aliphatic heterocycles. The van der Waals surface area contributed by atoms with E-state index in [-0.39, 0.29) is 11.8 Å². The van der Waals surface area contributed by atoms with Gasteiger partial charge in [0.1, 0.15) is 11.5 Å².